The highest BCUT2D eigenvalue weighted by molar-refractivity contribution is 7.98. The number of hydrogen-bond acceptors (Lipinski definition) is 6. The van der Waals surface area contributed by atoms with Gasteiger partial charge in [-0.3, -0.25) is 4.79 Å². The molecule has 0 atom stereocenters. The highest BCUT2D eigenvalue weighted by Gasteiger charge is 2.10. The molecule has 0 saturated carbocycles. The van der Waals surface area contributed by atoms with Gasteiger partial charge in [0, 0.05) is 17.0 Å². The first-order valence-corrected chi connectivity index (χ1v) is 10.8. The standard InChI is InChI=1S/C24H20N2O4S/c1-2-29-23(28)18-11-13-19(14-12-18)25-22(27)17-9-7-16(8-10-17)15-31-24-26-20-5-3-4-6-21(20)30-24/h3-14H,2,15H2,1H3,(H,25,27). The Bertz CT molecular complexity index is 1170. The number of carbonyl (C=O) groups is 2. The number of amides is 1. The minimum absolute atomic E-state index is 0.220. The number of oxazole rings is 1. The maximum Gasteiger partial charge on any atom is 0.338 e. The molecule has 0 aliphatic heterocycles. The number of rotatable bonds is 7. The maximum absolute atomic E-state index is 12.5. The number of anilines is 1. The molecule has 0 spiro atoms. The van der Waals surface area contributed by atoms with E-state index in [1.807, 2.05) is 36.4 Å². The molecular weight excluding hydrogens is 412 g/mol. The lowest BCUT2D eigenvalue weighted by Gasteiger charge is -2.07. The van der Waals surface area contributed by atoms with Gasteiger partial charge in [-0.2, -0.15) is 0 Å². The summed E-state index contributed by atoms with van der Waals surface area (Å²) < 4.78 is 10.7. The highest BCUT2D eigenvalue weighted by atomic mass is 32.2. The SMILES string of the molecule is CCOC(=O)c1ccc(NC(=O)c2ccc(CSc3nc4ccccc4o3)cc2)cc1. The molecule has 0 aliphatic rings. The van der Waals surface area contributed by atoms with Gasteiger partial charge in [-0.25, -0.2) is 9.78 Å². The van der Waals surface area contributed by atoms with E-state index in [0.29, 0.717) is 34.4 Å². The van der Waals surface area contributed by atoms with Crippen molar-refractivity contribution in [3.05, 3.63) is 89.5 Å². The van der Waals surface area contributed by atoms with Crippen LogP contribution in [0.5, 0.6) is 0 Å². The Balaban J connectivity index is 1.34. The van der Waals surface area contributed by atoms with E-state index in [0.717, 1.165) is 16.7 Å². The normalized spacial score (nSPS) is 10.7. The van der Waals surface area contributed by atoms with Gasteiger partial charge >= 0.3 is 5.97 Å². The molecule has 7 heteroatoms. The number of benzene rings is 3. The van der Waals surface area contributed by atoms with Crippen LogP contribution < -0.4 is 5.32 Å². The second-order valence-corrected chi connectivity index (χ2v) is 7.61. The molecule has 1 heterocycles. The predicted molar refractivity (Wildman–Crippen MR) is 120 cm³/mol. The van der Waals surface area contributed by atoms with Gasteiger partial charge in [-0.15, -0.1) is 0 Å². The fourth-order valence-corrected chi connectivity index (χ4v) is 3.71. The van der Waals surface area contributed by atoms with Crippen LogP contribution in [0.25, 0.3) is 11.1 Å². The Morgan fingerprint density at radius 3 is 2.39 bits per heavy atom. The van der Waals surface area contributed by atoms with Crippen molar-refractivity contribution in [1.82, 2.24) is 4.98 Å². The number of ether oxygens (including phenoxy) is 1. The summed E-state index contributed by atoms with van der Waals surface area (Å²) in [4.78, 5) is 28.6. The van der Waals surface area contributed by atoms with Gasteiger partial charge in [0.2, 0.25) is 0 Å². The Morgan fingerprint density at radius 2 is 1.68 bits per heavy atom. The van der Waals surface area contributed by atoms with Gasteiger partial charge < -0.3 is 14.5 Å². The Hall–Kier alpha value is -3.58. The minimum Gasteiger partial charge on any atom is -0.462 e. The summed E-state index contributed by atoms with van der Waals surface area (Å²) in [5.41, 5.74) is 4.27. The summed E-state index contributed by atoms with van der Waals surface area (Å²) in [6.45, 7) is 2.08. The number of carbonyl (C=O) groups excluding carboxylic acids is 2. The van der Waals surface area contributed by atoms with Crippen LogP contribution in [0.15, 0.2) is 82.4 Å². The Labute approximate surface area is 183 Å². The van der Waals surface area contributed by atoms with Crippen LogP contribution in [0.3, 0.4) is 0 Å². The lowest BCUT2D eigenvalue weighted by Crippen LogP contribution is -2.12. The molecule has 4 rings (SSSR count). The first-order valence-electron chi connectivity index (χ1n) is 9.78. The zero-order chi connectivity index (χ0) is 21.6. The summed E-state index contributed by atoms with van der Waals surface area (Å²) in [5.74, 6) is 0.0815. The van der Waals surface area contributed by atoms with Crippen molar-refractivity contribution in [3.8, 4) is 0 Å². The molecule has 0 radical (unpaired) electrons. The molecule has 0 fully saturated rings. The summed E-state index contributed by atoms with van der Waals surface area (Å²) in [5, 5.41) is 3.45. The molecule has 0 bridgehead atoms. The van der Waals surface area contributed by atoms with E-state index in [9.17, 15) is 9.59 Å². The molecular formula is C24H20N2O4S. The number of nitrogens with zero attached hydrogens (tertiary/aromatic N) is 1. The molecule has 0 aliphatic carbocycles. The summed E-state index contributed by atoms with van der Waals surface area (Å²) in [6, 6.07) is 21.6. The first kappa shape index (κ1) is 20.7. The second kappa shape index (κ2) is 9.49. The number of nitrogens with one attached hydrogen (secondary N) is 1. The summed E-state index contributed by atoms with van der Waals surface area (Å²) in [7, 11) is 0. The molecule has 31 heavy (non-hydrogen) atoms. The van der Waals surface area contributed by atoms with Crippen LogP contribution in [-0.2, 0) is 10.5 Å². The van der Waals surface area contributed by atoms with Gasteiger partial charge in [0.05, 0.1) is 12.2 Å². The van der Waals surface area contributed by atoms with E-state index in [4.69, 9.17) is 9.15 Å². The van der Waals surface area contributed by atoms with E-state index >= 15 is 0 Å². The van der Waals surface area contributed by atoms with Crippen molar-refractivity contribution in [2.75, 3.05) is 11.9 Å². The average Bonchev–Trinajstić information content (AvgIpc) is 3.22. The first-order chi connectivity index (χ1) is 15.1. The predicted octanol–water partition coefficient (Wildman–Crippen LogP) is 5.55. The van der Waals surface area contributed by atoms with Crippen molar-refractivity contribution in [1.29, 1.82) is 0 Å². The van der Waals surface area contributed by atoms with Crippen LogP contribution in [0, 0.1) is 0 Å². The molecule has 1 N–H and O–H groups in total. The van der Waals surface area contributed by atoms with Crippen LogP contribution in [0.2, 0.25) is 0 Å². The van der Waals surface area contributed by atoms with E-state index in [-0.39, 0.29) is 11.9 Å². The number of thioether (sulfide) groups is 1. The summed E-state index contributed by atoms with van der Waals surface area (Å²) in [6.07, 6.45) is 0. The van der Waals surface area contributed by atoms with Crippen molar-refractivity contribution >= 4 is 40.4 Å². The summed E-state index contributed by atoms with van der Waals surface area (Å²) >= 11 is 1.51. The van der Waals surface area contributed by atoms with Crippen molar-refractivity contribution < 1.29 is 18.7 Å². The molecule has 0 unspecified atom stereocenters. The molecule has 156 valence electrons. The number of hydrogen-bond donors (Lipinski definition) is 1. The fraction of sp³-hybridized carbons (Fsp3) is 0.125. The van der Waals surface area contributed by atoms with Gasteiger partial charge in [-0.05, 0) is 61.0 Å². The maximum atomic E-state index is 12.5. The molecule has 4 aromatic rings. The van der Waals surface area contributed by atoms with Gasteiger partial charge in [-0.1, -0.05) is 36.0 Å². The van der Waals surface area contributed by atoms with Crippen molar-refractivity contribution in [2.45, 2.75) is 17.9 Å². The molecule has 0 saturated heterocycles. The van der Waals surface area contributed by atoms with Crippen LogP contribution in [0.4, 0.5) is 5.69 Å². The monoisotopic (exact) mass is 432 g/mol. The van der Waals surface area contributed by atoms with E-state index in [1.54, 1.807) is 43.3 Å². The van der Waals surface area contributed by atoms with E-state index < -0.39 is 0 Å². The molecule has 3 aromatic carbocycles. The second-order valence-electron chi connectivity index (χ2n) is 6.69. The van der Waals surface area contributed by atoms with Crippen LogP contribution >= 0.6 is 11.8 Å². The molecule has 1 amide bonds. The number of aromatic nitrogens is 1. The minimum atomic E-state index is -0.383. The van der Waals surface area contributed by atoms with Crippen LogP contribution in [-0.4, -0.2) is 23.5 Å². The Kier molecular flexibility index (Phi) is 6.33. The smallest absolute Gasteiger partial charge is 0.338 e. The van der Waals surface area contributed by atoms with Crippen LogP contribution in [0.1, 0.15) is 33.2 Å². The van der Waals surface area contributed by atoms with E-state index in [2.05, 4.69) is 10.3 Å². The zero-order valence-corrected chi connectivity index (χ0v) is 17.6. The average molecular weight is 433 g/mol. The lowest BCUT2D eigenvalue weighted by molar-refractivity contribution is 0.0526. The van der Waals surface area contributed by atoms with Gasteiger partial charge in [0.25, 0.3) is 11.1 Å². The van der Waals surface area contributed by atoms with Crippen molar-refractivity contribution in [2.24, 2.45) is 0 Å². The quantitative estimate of drug-likeness (QED) is 0.305. The molecule has 1 aromatic heterocycles. The number of para-hydroxylation sites is 2. The van der Waals surface area contributed by atoms with Gasteiger partial charge in [0.1, 0.15) is 5.52 Å². The van der Waals surface area contributed by atoms with Crippen molar-refractivity contribution in [3.63, 3.8) is 0 Å². The zero-order valence-electron chi connectivity index (χ0n) is 16.8. The van der Waals surface area contributed by atoms with E-state index in [1.165, 1.54) is 11.8 Å². The Morgan fingerprint density at radius 1 is 0.968 bits per heavy atom. The highest BCUT2D eigenvalue weighted by Crippen LogP contribution is 2.26. The van der Waals surface area contributed by atoms with Gasteiger partial charge in [0.15, 0.2) is 5.58 Å². The number of esters is 1. The topological polar surface area (TPSA) is 81.4 Å². The third-order valence-corrected chi connectivity index (χ3v) is 5.41. The number of fused-ring (bicyclic) bond motifs is 1. The third-order valence-electron chi connectivity index (χ3n) is 4.51. The largest absolute Gasteiger partial charge is 0.462 e. The third kappa shape index (κ3) is 5.13. The molecule has 6 nitrogen and oxygen atoms in total. The fourth-order valence-electron chi connectivity index (χ4n) is 2.92. The lowest BCUT2D eigenvalue weighted by atomic mass is 10.1.